The van der Waals surface area contributed by atoms with Gasteiger partial charge in [0.2, 0.25) is 12.2 Å². The molecule has 0 spiro atoms. The molecule has 126 valence electrons. The summed E-state index contributed by atoms with van der Waals surface area (Å²) < 4.78 is 25.7. The van der Waals surface area contributed by atoms with Crippen LogP contribution in [0.1, 0.15) is 15.9 Å². The van der Waals surface area contributed by atoms with Gasteiger partial charge in [0, 0.05) is 18.1 Å². The number of nitrogens with zero attached hydrogens (tertiary/aromatic N) is 1. The fourth-order valence-corrected chi connectivity index (χ4v) is 2.89. The van der Waals surface area contributed by atoms with Crippen LogP contribution in [0.25, 0.3) is 10.9 Å². The maximum absolute atomic E-state index is 13.5. The second-order valence-corrected chi connectivity index (χ2v) is 5.65. The lowest BCUT2D eigenvalue weighted by Crippen LogP contribution is -2.19. The van der Waals surface area contributed by atoms with E-state index in [2.05, 4.69) is 0 Å². The number of carboxylic acid groups (broad SMARTS) is 1. The van der Waals surface area contributed by atoms with E-state index < -0.39 is 22.8 Å². The molecule has 1 aliphatic heterocycles. The van der Waals surface area contributed by atoms with Crippen LogP contribution < -0.4 is 14.9 Å². The van der Waals surface area contributed by atoms with Gasteiger partial charge in [-0.25, -0.2) is 9.18 Å². The lowest BCUT2D eigenvalue weighted by atomic mass is 10.1. The Hall–Kier alpha value is -3.35. The van der Waals surface area contributed by atoms with Crippen LogP contribution in [0.15, 0.2) is 47.4 Å². The minimum absolute atomic E-state index is 0.0284. The van der Waals surface area contributed by atoms with Gasteiger partial charge in [0.15, 0.2) is 11.5 Å². The summed E-state index contributed by atoms with van der Waals surface area (Å²) in [6.45, 7) is 0.446. The van der Waals surface area contributed by atoms with Gasteiger partial charge in [-0.1, -0.05) is 6.07 Å². The quantitative estimate of drug-likeness (QED) is 0.792. The van der Waals surface area contributed by atoms with Gasteiger partial charge >= 0.3 is 5.97 Å². The Morgan fingerprint density at radius 3 is 2.76 bits per heavy atom. The van der Waals surface area contributed by atoms with E-state index >= 15 is 0 Å². The lowest BCUT2D eigenvalue weighted by Gasteiger charge is -2.13. The Labute approximate surface area is 140 Å². The summed E-state index contributed by atoms with van der Waals surface area (Å²) in [6, 6.07) is 9.13. The van der Waals surface area contributed by atoms with E-state index in [1.54, 1.807) is 16.7 Å². The number of ether oxygens (including phenoxy) is 2. The highest BCUT2D eigenvalue weighted by Gasteiger charge is 2.17. The van der Waals surface area contributed by atoms with Crippen molar-refractivity contribution in [2.24, 2.45) is 0 Å². The first-order valence-corrected chi connectivity index (χ1v) is 7.47. The first kappa shape index (κ1) is 15.2. The molecular weight excluding hydrogens is 329 g/mol. The molecule has 3 aromatic rings. The molecule has 1 N–H and O–H groups in total. The van der Waals surface area contributed by atoms with Crippen LogP contribution in [0.4, 0.5) is 4.39 Å². The van der Waals surface area contributed by atoms with Gasteiger partial charge in [-0.15, -0.1) is 0 Å². The zero-order valence-corrected chi connectivity index (χ0v) is 12.9. The lowest BCUT2D eigenvalue weighted by molar-refractivity contribution is 0.0695. The number of pyridine rings is 1. The summed E-state index contributed by atoms with van der Waals surface area (Å²) in [6.07, 6.45) is 1.27. The number of carboxylic acids is 1. The molecule has 0 radical (unpaired) electrons. The van der Waals surface area contributed by atoms with Crippen LogP contribution in [0, 0.1) is 5.82 Å². The van der Waals surface area contributed by atoms with E-state index in [1.165, 1.54) is 18.3 Å². The van der Waals surface area contributed by atoms with Gasteiger partial charge in [-0.3, -0.25) is 4.79 Å². The minimum Gasteiger partial charge on any atom is -0.477 e. The molecule has 2 heterocycles. The Balaban J connectivity index is 1.87. The molecule has 1 aromatic heterocycles. The van der Waals surface area contributed by atoms with Crippen molar-refractivity contribution >= 4 is 16.9 Å². The van der Waals surface area contributed by atoms with Crippen molar-refractivity contribution in [2.45, 2.75) is 6.54 Å². The van der Waals surface area contributed by atoms with Crippen molar-refractivity contribution in [1.29, 1.82) is 0 Å². The van der Waals surface area contributed by atoms with Gasteiger partial charge in [0.1, 0.15) is 11.4 Å². The Morgan fingerprint density at radius 2 is 1.96 bits per heavy atom. The third-order valence-corrected chi connectivity index (χ3v) is 4.06. The summed E-state index contributed by atoms with van der Waals surface area (Å²) in [7, 11) is 0. The zero-order chi connectivity index (χ0) is 17.6. The summed E-state index contributed by atoms with van der Waals surface area (Å²) in [5.74, 6) is -0.702. The molecule has 6 nitrogen and oxygen atoms in total. The molecule has 0 amide bonds. The molecule has 0 saturated carbocycles. The van der Waals surface area contributed by atoms with Crippen molar-refractivity contribution in [3.63, 3.8) is 0 Å². The number of aromatic nitrogens is 1. The molecule has 0 unspecified atom stereocenters. The van der Waals surface area contributed by atoms with E-state index in [4.69, 9.17) is 9.47 Å². The highest BCUT2D eigenvalue weighted by atomic mass is 19.1. The van der Waals surface area contributed by atoms with Crippen molar-refractivity contribution in [2.75, 3.05) is 6.79 Å². The number of hydrogen-bond acceptors (Lipinski definition) is 4. The summed E-state index contributed by atoms with van der Waals surface area (Å²) in [5, 5.41) is 9.30. The van der Waals surface area contributed by atoms with Crippen molar-refractivity contribution in [1.82, 2.24) is 4.57 Å². The molecule has 0 aliphatic carbocycles. The molecule has 1 aliphatic rings. The second kappa shape index (κ2) is 5.62. The predicted octanol–water partition coefficient (Wildman–Crippen LogP) is 2.62. The Bertz CT molecular complexity index is 1070. The number of aromatic carboxylic acids is 1. The summed E-state index contributed by atoms with van der Waals surface area (Å²) in [4.78, 5) is 23.6. The first-order valence-electron chi connectivity index (χ1n) is 7.47. The SMILES string of the molecule is O=C(O)c1cn(Cc2ccc3c(c2)OCO3)c2ccc(F)cc2c1=O. The first-order chi connectivity index (χ1) is 12.0. The highest BCUT2D eigenvalue weighted by molar-refractivity contribution is 5.92. The number of benzene rings is 2. The van der Waals surface area contributed by atoms with Gasteiger partial charge in [0.05, 0.1) is 5.52 Å². The highest BCUT2D eigenvalue weighted by Crippen LogP contribution is 2.32. The monoisotopic (exact) mass is 341 g/mol. The van der Waals surface area contributed by atoms with Crippen LogP contribution in [0.5, 0.6) is 11.5 Å². The van der Waals surface area contributed by atoms with Crippen LogP contribution in [-0.2, 0) is 6.54 Å². The number of hydrogen-bond donors (Lipinski definition) is 1. The van der Waals surface area contributed by atoms with Crippen LogP contribution >= 0.6 is 0 Å². The fraction of sp³-hybridized carbons (Fsp3) is 0.111. The number of fused-ring (bicyclic) bond motifs is 2. The van der Waals surface area contributed by atoms with Crippen molar-refractivity contribution in [3.05, 3.63) is 69.8 Å². The van der Waals surface area contributed by atoms with E-state index in [-0.39, 0.29) is 12.2 Å². The van der Waals surface area contributed by atoms with Crippen LogP contribution in [0.2, 0.25) is 0 Å². The maximum atomic E-state index is 13.5. The van der Waals surface area contributed by atoms with E-state index in [0.29, 0.717) is 23.6 Å². The van der Waals surface area contributed by atoms with Gasteiger partial charge < -0.3 is 19.1 Å². The average Bonchev–Trinajstić information content (AvgIpc) is 3.05. The Kier molecular flexibility index (Phi) is 3.42. The normalized spacial score (nSPS) is 12.5. The maximum Gasteiger partial charge on any atom is 0.341 e. The molecule has 7 heteroatoms. The topological polar surface area (TPSA) is 77.8 Å². The number of carbonyl (C=O) groups is 1. The largest absolute Gasteiger partial charge is 0.477 e. The van der Waals surface area contributed by atoms with Crippen LogP contribution in [-0.4, -0.2) is 22.4 Å². The molecule has 0 fully saturated rings. The molecule has 0 bridgehead atoms. The second-order valence-electron chi connectivity index (χ2n) is 5.65. The summed E-state index contributed by atoms with van der Waals surface area (Å²) in [5.41, 5.74) is 0.173. The molecule has 0 atom stereocenters. The number of halogens is 1. The third kappa shape index (κ3) is 2.59. The summed E-state index contributed by atoms with van der Waals surface area (Å²) >= 11 is 0. The molecule has 0 saturated heterocycles. The third-order valence-electron chi connectivity index (χ3n) is 4.06. The van der Waals surface area contributed by atoms with Gasteiger partial charge in [-0.2, -0.15) is 0 Å². The minimum atomic E-state index is -1.35. The van der Waals surface area contributed by atoms with Gasteiger partial charge in [0.25, 0.3) is 0 Å². The number of rotatable bonds is 3. The van der Waals surface area contributed by atoms with E-state index in [1.807, 2.05) is 6.07 Å². The Morgan fingerprint density at radius 1 is 1.16 bits per heavy atom. The van der Waals surface area contributed by atoms with E-state index in [9.17, 15) is 19.1 Å². The zero-order valence-electron chi connectivity index (χ0n) is 12.9. The van der Waals surface area contributed by atoms with Crippen LogP contribution in [0.3, 0.4) is 0 Å². The fourth-order valence-electron chi connectivity index (χ4n) is 2.89. The van der Waals surface area contributed by atoms with E-state index in [0.717, 1.165) is 11.6 Å². The smallest absolute Gasteiger partial charge is 0.341 e. The predicted molar refractivity (Wildman–Crippen MR) is 86.8 cm³/mol. The van der Waals surface area contributed by atoms with Crippen molar-refractivity contribution < 1.29 is 23.8 Å². The molecule has 2 aromatic carbocycles. The molecule has 25 heavy (non-hydrogen) atoms. The van der Waals surface area contributed by atoms with Gasteiger partial charge in [-0.05, 0) is 35.9 Å². The standard InChI is InChI=1S/C18H12FNO5/c19-11-2-3-14-12(6-11)17(21)13(18(22)23)8-20(14)7-10-1-4-15-16(5-10)25-9-24-15/h1-6,8H,7,9H2,(H,22,23). The average molecular weight is 341 g/mol. The van der Waals surface area contributed by atoms with Crippen molar-refractivity contribution in [3.8, 4) is 11.5 Å². The molecule has 4 rings (SSSR count). The molecular formula is C18H12FNO5.